The molecule has 2 aromatic rings. The Balaban J connectivity index is 1.52. The van der Waals surface area contributed by atoms with E-state index in [1.165, 1.54) is 11.1 Å². The molecule has 23 heavy (non-hydrogen) atoms. The van der Waals surface area contributed by atoms with E-state index in [0.29, 0.717) is 6.04 Å². The predicted molar refractivity (Wildman–Crippen MR) is 97.8 cm³/mol. The SMILES string of the molecule is Nc1ccc(C#CCCC2CC(c3ccccc3)=CCN2)cc1. The number of hydrogen-bond acceptors (Lipinski definition) is 2. The number of anilines is 1. The minimum absolute atomic E-state index is 0.510. The van der Waals surface area contributed by atoms with Crippen molar-refractivity contribution in [3.05, 3.63) is 71.8 Å². The van der Waals surface area contributed by atoms with Crippen LogP contribution in [0, 0.1) is 11.8 Å². The average molecular weight is 302 g/mol. The monoisotopic (exact) mass is 302 g/mol. The molecule has 1 heterocycles. The molecule has 2 aromatic carbocycles. The molecule has 2 heteroatoms. The maximum Gasteiger partial charge on any atom is 0.0314 e. The van der Waals surface area contributed by atoms with Gasteiger partial charge in [0.25, 0.3) is 0 Å². The third kappa shape index (κ3) is 4.48. The van der Waals surface area contributed by atoms with Gasteiger partial charge in [0, 0.05) is 30.3 Å². The fourth-order valence-electron chi connectivity index (χ4n) is 2.84. The van der Waals surface area contributed by atoms with Crippen LogP contribution in [-0.4, -0.2) is 12.6 Å². The quantitative estimate of drug-likeness (QED) is 0.667. The minimum atomic E-state index is 0.510. The van der Waals surface area contributed by atoms with Crippen molar-refractivity contribution in [1.29, 1.82) is 0 Å². The summed E-state index contributed by atoms with van der Waals surface area (Å²) in [5, 5.41) is 3.56. The first-order valence-corrected chi connectivity index (χ1v) is 8.13. The Labute approximate surface area is 138 Å². The maximum absolute atomic E-state index is 5.68. The van der Waals surface area contributed by atoms with Crippen LogP contribution in [0.25, 0.3) is 5.57 Å². The fourth-order valence-corrected chi connectivity index (χ4v) is 2.84. The summed E-state index contributed by atoms with van der Waals surface area (Å²) in [6.45, 7) is 0.945. The summed E-state index contributed by atoms with van der Waals surface area (Å²) in [5.74, 6) is 6.48. The van der Waals surface area contributed by atoms with E-state index in [0.717, 1.165) is 37.1 Å². The molecular formula is C21H22N2. The van der Waals surface area contributed by atoms with Gasteiger partial charge in [-0.15, -0.1) is 0 Å². The van der Waals surface area contributed by atoms with Crippen LogP contribution in [0.1, 0.15) is 30.4 Å². The highest BCUT2D eigenvalue weighted by atomic mass is 14.9. The molecule has 0 saturated heterocycles. The van der Waals surface area contributed by atoms with Crippen LogP contribution in [0.5, 0.6) is 0 Å². The molecule has 0 spiro atoms. The molecule has 3 rings (SSSR count). The lowest BCUT2D eigenvalue weighted by Gasteiger charge is -2.24. The number of benzene rings is 2. The standard InChI is InChI=1S/C21H22N2/c22-20-12-10-17(11-13-20)6-4-5-9-21-16-19(14-15-23-21)18-7-2-1-3-8-18/h1-3,7-8,10-14,21,23H,5,9,15-16,22H2. The zero-order valence-corrected chi connectivity index (χ0v) is 13.3. The van der Waals surface area contributed by atoms with Crippen LogP contribution in [-0.2, 0) is 0 Å². The molecule has 1 atom stereocenters. The average Bonchev–Trinajstić information content (AvgIpc) is 2.61. The van der Waals surface area contributed by atoms with Gasteiger partial charge < -0.3 is 11.1 Å². The smallest absolute Gasteiger partial charge is 0.0314 e. The number of nitrogen functional groups attached to an aromatic ring is 1. The summed E-state index contributed by atoms with van der Waals surface area (Å²) >= 11 is 0. The molecule has 1 aliphatic heterocycles. The van der Waals surface area contributed by atoms with Gasteiger partial charge in [-0.1, -0.05) is 48.2 Å². The molecule has 0 bridgehead atoms. The van der Waals surface area contributed by atoms with Gasteiger partial charge in [-0.3, -0.25) is 0 Å². The molecule has 1 unspecified atom stereocenters. The first-order chi connectivity index (χ1) is 11.3. The summed E-state index contributed by atoms with van der Waals surface area (Å²) in [7, 11) is 0. The number of nitrogens with two attached hydrogens (primary N) is 1. The second-order valence-corrected chi connectivity index (χ2v) is 5.87. The summed E-state index contributed by atoms with van der Waals surface area (Å²) in [6, 6.07) is 18.9. The molecule has 0 amide bonds. The lowest BCUT2D eigenvalue weighted by molar-refractivity contribution is 0.508. The van der Waals surface area contributed by atoms with Crippen LogP contribution in [0.4, 0.5) is 5.69 Å². The largest absolute Gasteiger partial charge is 0.399 e. The van der Waals surface area contributed by atoms with E-state index in [-0.39, 0.29) is 0 Å². The molecule has 0 saturated carbocycles. The topological polar surface area (TPSA) is 38.0 Å². The fraction of sp³-hybridized carbons (Fsp3) is 0.238. The van der Waals surface area contributed by atoms with Crippen molar-refractivity contribution < 1.29 is 0 Å². The summed E-state index contributed by atoms with van der Waals surface area (Å²) in [6.07, 6.45) is 5.36. The van der Waals surface area contributed by atoms with Crippen LogP contribution < -0.4 is 11.1 Å². The van der Waals surface area contributed by atoms with Crippen molar-refractivity contribution in [2.45, 2.75) is 25.3 Å². The van der Waals surface area contributed by atoms with Crippen LogP contribution in [0.3, 0.4) is 0 Å². The van der Waals surface area contributed by atoms with Gasteiger partial charge in [-0.2, -0.15) is 0 Å². The Morgan fingerprint density at radius 2 is 1.83 bits per heavy atom. The predicted octanol–water partition coefficient (Wildman–Crippen LogP) is 3.85. The third-order valence-corrected chi connectivity index (χ3v) is 4.13. The van der Waals surface area contributed by atoms with Crippen molar-refractivity contribution in [3.8, 4) is 11.8 Å². The van der Waals surface area contributed by atoms with Gasteiger partial charge in [-0.05, 0) is 48.2 Å². The van der Waals surface area contributed by atoms with Crippen molar-refractivity contribution in [1.82, 2.24) is 5.32 Å². The van der Waals surface area contributed by atoms with E-state index in [4.69, 9.17) is 5.73 Å². The second kappa shape index (κ2) is 7.67. The zero-order valence-electron chi connectivity index (χ0n) is 13.3. The summed E-state index contributed by atoms with van der Waals surface area (Å²) in [5.41, 5.74) is 10.3. The van der Waals surface area contributed by atoms with E-state index < -0.39 is 0 Å². The zero-order chi connectivity index (χ0) is 15.9. The molecule has 3 N–H and O–H groups in total. The first-order valence-electron chi connectivity index (χ1n) is 8.13. The lowest BCUT2D eigenvalue weighted by Crippen LogP contribution is -2.32. The van der Waals surface area contributed by atoms with E-state index in [9.17, 15) is 0 Å². The lowest BCUT2D eigenvalue weighted by atomic mass is 9.93. The highest BCUT2D eigenvalue weighted by Crippen LogP contribution is 2.23. The highest BCUT2D eigenvalue weighted by Gasteiger charge is 2.14. The van der Waals surface area contributed by atoms with Gasteiger partial charge in [0.15, 0.2) is 0 Å². The molecule has 0 radical (unpaired) electrons. The van der Waals surface area contributed by atoms with E-state index in [2.05, 4.69) is 53.6 Å². The third-order valence-electron chi connectivity index (χ3n) is 4.13. The Morgan fingerprint density at radius 1 is 1.04 bits per heavy atom. The van der Waals surface area contributed by atoms with Crippen molar-refractivity contribution in [2.24, 2.45) is 0 Å². The molecule has 0 fully saturated rings. The van der Waals surface area contributed by atoms with E-state index in [1.807, 2.05) is 24.3 Å². The number of rotatable bonds is 3. The van der Waals surface area contributed by atoms with Crippen molar-refractivity contribution in [3.63, 3.8) is 0 Å². The molecule has 116 valence electrons. The highest BCUT2D eigenvalue weighted by molar-refractivity contribution is 5.66. The van der Waals surface area contributed by atoms with Gasteiger partial charge in [-0.25, -0.2) is 0 Å². The Bertz CT molecular complexity index is 718. The number of hydrogen-bond donors (Lipinski definition) is 2. The van der Waals surface area contributed by atoms with E-state index >= 15 is 0 Å². The normalized spacial score (nSPS) is 17.0. The maximum atomic E-state index is 5.68. The Kier molecular flexibility index (Phi) is 5.13. The van der Waals surface area contributed by atoms with Crippen LogP contribution in [0.2, 0.25) is 0 Å². The number of nitrogens with one attached hydrogen (secondary N) is 1. The summed E-state index contributed by atoms with van der Waals surface area (Å²) < 4.78 is 0. The first kappa shape index (κ1) is 15.4. The summed E-state index contributed by atoms with van der Waals surface area (Å²) in [4.78, 5) is 0. The molecule has 0 aliphatic carbocycles. The van der Waals surface area contributed by atoms with Crippen LogP contribution >= 0.6 is 0 Å². The van der Waals surface area contributed by atoms with Crippen molar-refractivity contribution >= 4 is 11.3 Å². The van der Waals surface area contributed by atoms with Gasteiger partial charge in [0.1, 0.15) is 0 Å². The Morgan fingerprint density at radius 3 is 2.61 bits per heavy atom. The molecular weight excluding hydrogens is 280 g/mol. The van der Waals surface area contributed by atoms with Gasteiger partial charge >= 0.3 is 0 Å². The Hall–Kier alpha value is -2.50. The molecule has 0 aromatic heterocycles. The molecule has 2 nitrogen and oxygen atoms in total. The van der Waals surface area contributed by atoms with Crippen molar-refractivity contribution in [2.75, 3.05) is 12.3 Å². The van der Waals surface area contributed by atoms with Crippen LogP contribution in [0.15, 0.2) is 60.7 Å². The van der Waals surface area contributed by atoms with E-state index in [1.54, 1.807) is 0 Å². The van der Waals surface area contributed by atoms with Gasteiger partial charge in [0.05, 0.1) is 0 Å². The van der Waals surface area contributed by atoms with Gasteiger partial charge in [0.2, 0.25) is 0 Å². The second-order valence-electron chi connectivity index (χ2n) is 5.87. The molecule has 1 aliphatic rings. The minimum Gasteiger partial charge on any atom is -0.399 e.